The second-order valence-corrected chi connectivity index (χ2v) is 17.4. The fourth-order valence-electron chi connectivity index (χ4n) is 8.00. The van der Waals surface area contributed by atoms with Crippen LogP contribution in [0.4, 0.5) is 20.3 Å². The zero-order chi connectivity index (χ0) is 32.2. The molecule has 1 aromatic heterocycles. The number of benzene rings is 2. The highest BCUT2D eigenvalue weighted by Crippen LogP contribution is 2.45. The van der Waals surface area contributed by atoms with Gasteiger partial charge in [0.15, 0.2) is 0 Å². The van der Waals surface area contributed by atoms with Crippen molar-refractivity contribution in [2.24, 2.45) is 0 Å². The molecule has 2 aromatic carbocycles. The van der Waals surface area contributed by atoms with Crippen LogP contribution < -0.4 is 14.5 Å². The van der Waals surface area contributed by atoms with Gasteiger partial charge >= 0.3 is 6.01 Å². The number of aromatic hydroxyl groups is 1. The summed E-state index contributed by atoms with van der Waals surface area (Å²) >= 11 is 0. The van der Waals surface area contributed by atoms with Gasteiger partial charge in [0.2, 0.25) is 0 Å². The van der Waals surface area contributed by atoms with E-state index in [9.17, 15) is 14.1 Å². The molecule has 46 heavy (non-hydrogen) atoms. The van der Waals surface area contributed by atoms with Gasteiger partial charge in [-0.05, 0) is 68.6 Å². The molecule has 0 bridgehead atoms. The summed E-state index contributed by atoms with van der Waals surface area (Å²) in [5.74, 6) is 0.626. The first kappa shape index (κ1) is 31.6. The molecule has 3 atom stereocenters. The minimum atomic E-state index is -2.45. The smallest absolute Gasteiger partial charge is 0.318 e. The summed E-state index contributed by atoms with van der Waals surface area (Å²) < 4.78 is 55.0. The lowest BCUT2D eigenvalue weighted by Gasteiger charge is -2.35. The Balaban J connectivity index is 1.27. The summed E-state index contributed by atoms with van der Waals surface area (Å²) in [4.78, 5) is 16.5. The van der Waals surface area contributed by atoms with Crippen LogP contribution in [-0.4, -0.2) is 103 Å². The number of aryl methyl sites for hydroxylation is 1. The minimum absolute atomic E-state index is 0.122. The van der Waals surface area contributed by atoms with Gasteiger partial charge in [-0.25, -0.2) is 8.78 Å². The van der Waals surface area contributed by atoms with E-state index in [1.54, 1.807) is 18.2 Å². The average molecular weight is 656 g/mol. The first-order valence-corrected chi connectivity index (χ1v) is 19.2. The monoisotopic (exact) mass is 655 g/mol. The zero-order valence-electron chi connectivity index (χ0n) is 27.0. The molecule has 0 spiro atoms. The van der Waals surface area contributed by atoms with Crippen molar-refractivity contribution in [3.8, 4) is 11.8 Å². The summed E-state index contributed by atoms with van der Waals surface area (Å²) in [7, 11) is -2.45. The number of halogens is 2. The van der Waals surface area contributed by atoms with Crippen molar-refractivity contribution < 1.29 is 27.9 Å². The molecule has 7 rings (SSSR count). The normalized spacial score (nSPS) is 25.5. The molecule has 1 N–H and O–H groups in total. The van der Waals surface area contributed by atoms with E-state index in [1.165, 1.54) is 6.07 Å². The fraction of sp³-hybridized carbons (Fsp3) is 0.588. The summed E-state index contributed by atoms with van der Waals surface area (Å²) in [6.45, 7) is 10.3. The Morgan fingerprint density at radius 3 is 2.80 bits per heavy atom. The lowest BCUT2D eigenvalue weighted by atomic mass is 9.95. The van der Waals surface area contributed by atoms with Crippen LogP contribution in [0.15, 0.2) is 24.3 Å². The topological polar surface area (TPSA) is 91.3 Å². The molecule has 5 heterocycles. The molecule has 0 saturated carbocycles. The highest BCUT2D eigenvalue weighted by molar-refractivity contribution is 7.63. The standard InChI is InChI=1S/C34H44F2N5O4P/c1-4-26-28(36)7-6-22-14-24(42)15-30(31(22)26)39-11-8-27-29(19-39)37-33(45-21-34-9-5-10-41(34)17-23(35)16-34)38-32(27)40-12-13-44-20-25(18-40)46(2,3)43/h6-7,14-15,23,25,42H,4-5,8-13,16-21H2,1-3H3/t23-,25?,34+/m1/s1. The number of rotatable bonds is 7. The Kier molecular flexibility index (Phi) is 8.39. The molecule has 4 aliphatic rings. The lowest BCUT2D eigenvalue weighted by Crippen LogP contribution is -2.43. The quantitative estimate of drug-likeness (QED) is 0.337. The molecular formula is C34H44F2N5O4P. The van der Waals surface area contributed by atoms with Gasteiger partial charge in [-0.3, -0.25) is 4.90 Å². The molecule has 0 aliphatic carbocycles. The molecule has 0 radical (unpaired) electrons. The van der Waals surface area contributed by atoms with Crippen molar-refractivity contribution in [2.45, 2.75) is 62.9 Å². The Labute approximate surface area is 269 Å². The van der Waals surface area contributed by atoms with E-state index in [1.807, 2.05) is 20.3 Å². The van der Waals surface area contributed by atoms with E-state index in [0.29, 0.717) is 77.4 Å². The minimum Gasteiger partial charge on any atom is -0.508 e. The van der Waals surface area contributed by atoms with E-state index in [0.717, 1.165) is 52.9 Å². The van der Waals surface area contributed by atoms with Crippen LogP contribution in [0.1, 0.15) is 43.0 Å². The average Bonchev–Trinajstić information content (AvgIpc) is 3.41. The third-order valence-electron chi connectivity index (χ3n) is 10.5. The molecule has 3 saturated heterocycles. The number of fused-ring (bicyclic) bond motifs is 3. The lowest BCUT2D eigenvalue weighted by molar-refractivity contribution is 0.107. The highest BCUT2D eigenvalue weighted by atomic mass is 31.2. The summed E-state index contributed by atoms with van der Waals surface area (Å²) in [5, 5.41) is 12.3. The Bertz CT molecular complexity index is 1690. The molecule has 3 fully saturated rings. The number of phenols is 1. The van der Waals surface area contributed by atoms with Gasteiger partial charge in [-0.15, -0.1) is 0 Å². The molecule has 12 heteroatoms. The highest BCUT2D eigenvalue weighted by Gasteiger charge is 2.49. The first-order chi connectivity index (χ1) is 22.0. The van der Waals surface area contributed by atoms with Crippen LogP contribution in [0, 0.1) is 5.82 Å². The number of hydrogen-bond acceptors (Lipinski definition) is 9. The van der Waals surface area contributed by atoms with Gasteiger partial charge in [0.1, 0.15) is 30.2 Å². The first-order valence-electron chi connectivity index (χ1n) is 16.5. The second kappa shape index (κ2) is 12.2. The SMILES string of the molecule is CCc1c(F)ccc2cc(O)cc(N3CCc4c(nc(OC[C@@]56CCCN5C[C@H](F)C6)nc4N4CCOCC(P(C)(C)=O)C4)C3)c12. The number of ether oxygens (including phenoxy) is 2. The van der Waals surface area contributed by atoms with Crippen molar-refractivity contribution in [2.75, 3.05) is 75.7 Å². The van der Waals surface area contributed by atoms with E-state index in [-0.39, 0.29) is 28.8 Å². The van der Waals surface area contributed by atoms with Crippen molar-refractivity contribution in [1.29, 1.82) is 0 Å². The van der Waals surface area contributed by atoms with E-state index < -0.39 is 13.3 Å². The van der Waals surface area contributed by atoms with Gasteiger partial charge in [-0.2, -0.15) is 9.97 Å². The van der Waals surface area contributed by atoms with Gasteiger partial charge in [-0.1, -0.05) is 13.0 Å². The van der Waals surface area contributed by atoms with E-state index in [4.69, 9.17) is 19.4 Å². The summed E-state index contributed by atoms with van der Waals surface area (Å²) in [6, 6.07) is 6.81. The third kappa shape index (κ3) is 5.84. The van der Waals surface area contributed by atoms with Crippen LogP contribution in [0.3, 0.4) is 0 Å². The molecule has 3 aromatic rings. The molecule has 0 amide bonds. The number of hydrogen-bond donors (Lipinski definition) is 1. The zero-order valence-corrected chi connectivity index (χ0v) is 27.9. The molecule has 9 nitrogen and oxygen atoms in total. The van der Waals surface area contributed by atoms with Crippen molar-refractivity contribution >= 4 is 29.4 Å². The van der Waals surface area contributed by atoms with E-state index >= 15 is 4.39 Å². The predicted octanol–water partition coefficient (Wildman–Crippen LogP) is 5.38. The fourth-order valence-corrected chi connectivity index (χ4v) is 9.06. The largest absolute Gasteiger partial charge is 0.508 e. The van der Waals surface area contributed by atoms with Gasteiger partial charge in [0, 0.05) is 55.3 Å². The molecule has 4 aliphatic heterocycles. The predicted molar refractivity (Wildman–Crippen MR) is 177 cm³/mol. The van der Waals surface area contributed by atoms with Crippen LogP contribution in [-0.2, 0) is 28.7 Å². The summed E-state index contributed by atoms with van der Waals surface area (Å²) in [6.07, 6.45) is 2.63. The number of aromatic nitrogens is 2. The van der Waals surface area contributed by atoms with Gasteiger partial charge < -0.3 is 28.9 Å². The number of alkyl halides is 1. The maximum atomic E-state index is 15.0. The van der Waals surface area contributed by atoms with Crippen LogP contribution >= 0.6 is 7.14 Å². The van der Waals surface area contributed by atoms with Crippen LogP contribution in [0.5, 0.6) is 11.8 Å². The van der Waals surface area contributed by atoms with Gasteiger partial charge in [0.25, 0.3) is 0 Å². The van der Waals surface area contributed by atoms with Crippen molar-refractivity contribution in [1.82, 2.24) is 14.9 Å². The van der Waals surface area contributed by atoms with Crippen LogP contribution in [0.25, 0.3) is 10.8 Å². The molecular weight excluding hydrogens is 611 g/mol. The Morgan fingerprint density at radius 1 is 1.15 bits per heavy atom. The second-order valence-electron chi connectivity index (χ2n) is 13.8. The molecule has 248 valence electrons. The van der Waals surface area contributed by atoms with Gasteiger partial charge in [0.05, 0.1) is 43.8 Å². The molecule has 1 unspecified atom stereocenters. The van der Waals surface area contributed by atoms with Crippen molar-refractivity contribution in [3.05, 3.63) is 46.9 Å². The maximum Gasteiger partial charge on any atom is 0.318 e. The Hall–Kier alpha value is -3.01. The maximum absolute atomic E-state index is 15.0. The van der Waals surface area contributed by atoms with Crippen molar-refractivity contribution in [3.63, 3.8) is 0 Å². The third-order valence-corrected chi connectivity index (χ3v) is 12.6. The number of anilines is 2. The van der Waals surface area contributed by atoms with Crippen LogP contribution in [0.2, 0.25) is 0 Å². The Morgan fingerprint density at radius 2 is 2.00 bits per heavy atom. The summed E-state index contributed by atoms with van der Waals surface area (Å²) in [5.41, 5.74) is 2.71. The van der Waals surface area contributed by atoms with E-state index in [2.05, 4.69) is 14.7 Å². The number of nitrogens with zero attached hydrogens (tertiary/aromatic N) is 5. The number of phenolic OH excluding ortho intramolecular Hbond substituents is 1.